The SMILES string of the molecule is CN(C[C@@H]1CN2CC[C@H]1C[C@@H]2CNC(=O)c1ccc(C(F)(F)F)cc1)c1ccccc1. The first-order valence-electron chi connectivity index (χ1n) is 10.8. The number of nitrogens with one attached hydrogen (secondary N) is 1. The smallest absolute Gasteiger partial charge is 0.374 e. The van der Waals surface area contributed by atoms with E-state index in [0.717, 1.165) is 38.2 Å². The fraction of sp³-hybridized carbons (Fsp3) is 0.458. The molecule has 3 aliphatic rings. The molecule has 0 radical (unpaired) electrons. The minimum absolute atomic E-state index is 0.256. The summed E-state index contributed by atoms with van der Waals surface area (Å²) in [5, 5.41) is 2.92. The molecule has 4 atom stereocenters. The van der Waals surface area contributed by atoms with Crippen molar-refractivity contribution < 1.29 is 18.0 Å². The van der Waals surface area contributed by atoms with E-state index in [1.165, 1.54) is 24.2 Å². The number of carbonyl (C=O) groups excluding carboxylic acids is 1. The lowest BCUT2D eigenvalue weighted by Gasteiger charge is -2.50. The molecule has 2 aromatic carbocycles. The van der Waals surface area contributed by atoms with E-state index in [0.29, 0.717) is 18.4 Å². The van der Waals surface area contributed by atoms with E-state index in [2.05, 4.69) is 46.4 Å². The molecule has 2 aromatic rings. The van der Waals surface area contributed by atoms with Crippen LogP contribution < -0.4 is 10.2 Å². The van der Waals surface area contributed by atoms with Crippen LogP contribution in [-0.2, 0) is 6.18 Å². The molecule has 31 heavy (non-hydrogen) atoms. The molecule has 3 aliphatic heterocycles. The van der Waals surface area contributed by atoms with Crippen LogP contribution in [0.5, 0.6) is 0 Å². The van der Waals surface area contributed by atoms with Gasteiger partial charge in [-0.1, -0.05) is 18.2 Å². The molecular formula is C24H28F3N3O. The van der Waals surface area contributed by atoms with Gasteiger partial charge in [0.25, 0.3) is 5.91 Å². The number of hydrogen-bond donors (Lipinski definition) is 1. The Bertz CT molecular complexity index is 885. The molecule has 3 saturated heterocycles. The number of para-hydroxylation sites is 1. The Hall–Kier alpha value is -2.54. The van der Waals surface area contributed by atoms with Crippen LogP contribution in [0.3, 0.4) is 0 Å². The number of hydrogen-bond acceptors (Lipinski definition) is 3. The van der Waals surface area contributed by atoms with Gasteiger partial charge in [0.2, 0.25) is 0 Å². The normalized spacial score (nSPS) is 25.3. The third kappa shape index (κ3) is 5.03. The highest BCUT2D eigenvalue weighted by molar-refractivity contribution is 5.94. The van der Waals surface area contributed by atoms with Gasteiger partial charge in [0.15, 0.2) is 0 Å². The summed E-state index contributed by atoms with van der Waals surface area (Å²) in [6.45, 7) is 3.59. The highest BCUT2D eigenvalue weighted by Crippen LogP contribution is 2.37. The number of alkyl halides is 3. The van der Waals surface area contributed by atoms with E-state index >= 15 is 0 Å². The van der Waals surface area contributed by atoms with Crippen molar-refractivity contribution in [2.75, 3.05) is 38.1 Å². The summed E-state index contributed by atoms with van der Waals surface area (Å²) in [6, 6.07) is 15.0. The predicted octanol–water partition coefficient (Wildman–Crippen LogP) is 4.28. The van der Waals surface area contributed by atoms with Gasteiger partial charge in [-0.25, -0.2) is 0 Å². The van der Waals surface area contributed by atoms with Gasteiger partial charge < -0.3 is 10.2 Å². The maximum Gasteiger partial charge on any atom is 0.416 e. The summed E-state index contributed by atoms with van der Waals surface area (Å²) < 4.78 is 38.1. The largest absolute Gasteiger partial charge is 0.416 e. The molecule has 1 N–H and O–H groups in total. The maximum atomic E-state index is 12.7. The average molecular weight is 432 g/mol. The van der Waals surface area contributed by atoms with Gasteiger partial charge >= 0.3 is 6.18 Å². The average Bonchev–Trinajstić information content (AvgIpc) is 2.78. The second-order valence-corrected chi connectivity index (χ2v) is 8.69. The molecule has 0 saturated carbocycles. The van der Waals surface area contributed by atoms with Gasteiger partial charge in [-0.15, -0.1) is 0 Å². The fourth-order valence-electron chi connectivity index (χ4n) is 4.93. The second kappa shape index (κ2) is 8.91. The Morgan fingerprint density at radius 1 is 1.13 bits per heavy atom. The summed E-state index contributed by atoms with van der Waals surface area (Å²) in [4.78, 5) is 17.2. The van der Waals surface area contributed by atoms with E-state index in [1.54, 1.807) is 0 Å². The minimum atomic E-state index is -4.39. The summed E-state index contributed by atoms with van der Waals surface area (Å²) in [6.07, 6.45) is -2.17. The number of fused-ring (bicyclic) bond motifs is 3. The number of carbonyl (C=O) groups is 1. The Balaban J connectivity index is 1.29. The number of nitrogens with zero attached hydrogens (tertiary/aromatic N) is 2. The molecule has 7 heteroatoms. The summed E-state index contributed by atoms with van der Waals surface area (Å²) in [7, 11) is 2.13. The van der Waals surface area contributed by atoms with Crippen molar-refractivity contribution in [3.8, 4) is 0 Å². The van der Waals surface area contributed by atoms with E-state index in [4.69, 9.17) is 0 Å². The van der Waals surface area contributed by atoms with Gasteiger partial charge in [0.05, 0.1) is 5.56 Å². The third-order valence-corrected chi connectivity index (χ3v) is 6.69. The van der Waals surface area contributed by atoms with Crippen molar-refractivity contribution in [1.82, 2.24) is 10.2 Å². The van der Waals surface area contributed by atoms with Gasteiger partial charge in [-0.3, -0.25) is 9.69 Å². The number of amides is 1. The van der Waals surface area contributed by atoms with Gasteiger partial charge in [-0.2, -0.15) is 13.2 Å². The quantitative estimate of drug-likeness (QED) is 0.742. The maximum absolute atomic E-state index is 12.7. The molecule has 0 spiro atoms. The number of rotatable bonds is 6. The molecule has 4 nitrogen and oxygen atoms in total. The van der Waals surface area contributed by atoms with Crippen molar-refractivity contribution >= 4 is 11.6 Å². The summed E-state index contributed by atoms with van der Waals surface area (Å²) in [5.41, 5.74) is 0.733. The lowest BCUT2D eigenvalue weighted by Crippen LogP contribution is -2.58. The molecule has 2 bridgehead atoms. The monoisotopic (exact) mass is 431 g/mol. The van der Waals surface area contributed by atoms with Gasteiger partial charge in [0.1, 0.15) is 0 Å². The van der Waals surface area contributed by atoms with Crippen molar-refractivity contribution in [3.63, 3.8) is 0 Å². The zero-order chi connectivity index (χ0) is 22.0. The highest BCUT2D eigenvalue weighted by Gasteiger charge is 2.40. The minimum Gasteiger partial charge on any atom is -0.374 e. The van der Waals surface area contributed by atoms with Crippen LogP contribution in [0.4, 0.5) is 18.9 Å². The first-order chi connectivity index (χ1) is 14.8. The molecule has 3 heterocycles. The lowest BCUT2D eigenvalue weighted by molar-refractivity contribution is -0.137. The number of anilines is 1. The second-order valence-electron chi connectivity index (χ2n) is 8.69. The zero-order valence-corrected chi connectivity index (χ0v) is 17.6. The van der Waals surface area contributed by atoms with Crippen LogP contribution in [0.15, 0.2) is 54.6 Å². The van der Waals surface area contributed by atoms with E-state index in [-0.39, 0.29) is 17.5 Å². The van der Waals surface area contributed by atoms with Crippen LogP contribution in [0.1, 0.15) is 28.8 Å². The van der Waals surface area contributed by atoms with Crippen LogP contribution in [0.25, 0.3) is 0 Å². The molecule has 1 unspecified atom stereocenters. The Morgan fingerprint density at radius 2 is 1.84 bits per heavy atom. The van der Waals surface area contributed by atoms with E-state index in [9.17, 15) is 18.0 Å². The topological polar surface area (TPSA) is 35.6 Å². The molecule has 1 amide bonds. The molecule has 0 aliphatic carbocycles. The molecule has 0 aromatic heterocycles. The zero-order valence-electron chi connectivity index (χ0n) is 17.6. The standard InChI is InChI=1S/C24H28F3N3O/c1-29(21-5-3-2-4-6-21)15-19-16-30-12-11-18(19)13-22(30)14-28-23(31)17-7-9-20(10-8-17)24(25,26)27/h2-10,18-19,22H,11-16H2,1H3,(H,28,31)/t18-,19+,22+/m0/s1. The molecule has 3 fully saturated rings. The first kappa shape index (κ1) is 21.7. The van der Waals surface area contributed by atoms with Crippen LogP contribution in [0.2, 0.25) is 0 Å². The van der Waals surface area contributed by atoms with Gasteiger partial charge in [-0.05, 0) is 67.6 Å². The molecule has 5 rings (SSSR count). The third-order valence-electron chi connectivity index (χ3n) is 6.69. The van der Waals surface area contributed by atoms with Crippen molar-refractivity contribution in [2.45, 2.75) is 25.1 Å². The van der Waals surface area contributed by atoms with Crippen molar-refractivity contribution in [3.05, 3.63) is 65.7 Å². The Labute approximate surface area is 181 Å². The summed E-state index contributed by atoms with van der Waals surface area (Å²) in [5.74, 6) is 0.904. The number of piperidine rings is 3. The fourth-order valence-corrected chi connectivity index (χ4v) is 4.93. The summed E-state index contributed by atoms with van der Waals surface area (Å²) >= 11 is 0. The number of benzene rings is 2. The van der Waals surface area contributed by atoms with Crippen LogP contribution >= 0.6 is 0 Å². The van der Waals surface area contributed by atoms with Crippen LogP contribution in [0, 0.1) is 11.8 Å². The Morgan fingerprint density at radius 3 is 2.45 bits per heavy atom. The van der Waals surface area contributed by atoms with Crippen molar-refractivity contribution in [1.29, 1.82) is 0 Å². The highest BCUT2D eigenvalue weighted by atomic mass is 19.4. The van der Waals surface area contributed by atoms with E-state index in [1.807, 2.05) is 6.07 Å². The van der Waals surface area contributed by atoms with E-state index < -0.39 is 11.7 Å². The number of halogens is 3. The van der Waals surface area contributed by atoms with Crippen LogP contribution in [-0.4, -0.2) is 50.1 Å². The Kier molecular flexibility index (Phi) is 6.23. The molecular weight excluding hydrogens is 403 g/mol. The lowest BCUT2D eigenvalue weighted by atomic mass is 9.75. The molecule has 166 valence electrons. The first-order valence-corrected chi connectivity index (χ1v) is 10.8. The predicted molar refractivity (Wildman–Crippen MR) is 115 cm³/mol. The van der Waals surface area contributed by atoms with Crippen molar-refractivity contribution in [2.24, 2.45) is 11.8 Å². The van der Waals surface area contributed by atoms with Gasteiger partial charge in [0, 0.05) is 44.0 Å².